The second kappa shape index (κ2) is 60.0. The Morgan fingerprint density at radius 3 is 1.04 bits per heavy atom. The van der Waals surface area contributed by atoms with E-state index in [2.05, 4.69) is 207 Å². The number of carbonyl (C=O) groups is 5. The highest BCUT2D eigenvalue weighted by Gasteiger charge is 2.46. The van der Waals surface area contributed by atoms with Gasteiger partial charge in [0.05, 0.1) is 39.1 Å². The van der Waals surface area contributed by atoms with E-state index >= 15 is 0 Å². The summed E-state index contributed by atoms with van der Waals surface area (Å²) in [4.78, 5) is 59.2. The monoisotopic (exact) mass is 1890 g/mol. The molecule has 0 unspecified atom stereocenters. The average molecular weight is 1890 g/mol. The number of ketones is 3. The average Bonchev–Trinajstić information content (AvgIpc) is 1.27. The summed E-state index contributed by atoms with van der Waals surface area (Å²) in [6.07, 6.45) is 29.7. The summed E-state index contributed by atoms with van der Waals surface area (Å²) in [6, 6.07) is 13.0. The highest BCUT2D eigenvalue weighted by atomic mass is 32.2. The van der Waals surface area contributed by atoms with Crippen molar-refractivity contribution in [2.75, 3.05) is 11.5 Å². The molecule has 0 radical (unpaired) electrons. The first-order valence-electron chi connectivity index (χ1n) is 52.0. The van der Waals surface area contributed by atoms with Crippen LogP contribution < -0.4 is 47.9 Å². The van der Waals surface area contributed by atoms with Crippen LogP contribution in [0.4, 0.5) is 0 Å². The van der Waals surface area contributed by atoms with Gasteiger partial charge in [0.15, 0.2) is 37.0 Å². The Labute approximate surface area is 809 Å². The molecule has 0 spiro atoms. The molecule has 774 valence electrons. The van der Waals surface area contributed by atoms with Crippen LogP contribution in [0.25, 0.3) is 0 Å². The Balaban J connectivity index is 0. The number of carbonyl (C=O) groups excluding carboxylic acids is 4. The van der Waals surface area contributed by atoms with Gasteiger partial charge < -0.3 is 57.7 Å². The fourth-order valence-electron chi connectivity index (χ4n) is 17.2. The van der Waals surface area contributed by atoms with Crippen molar-refractivity contribution in [1.29, 1.82) is 0 Å². The molecule has 0 saturated heterocycles. The standard InChI is InChI=1S/C15H31NO2S.C14H29NO2S.C14H25NO.C14H21NO.C13H27NO2.C11H21NO.C10H21N.C9H19NO2.C9H21N/c1-6-14(4,5)19(17,18)12-15(16-13(2)3)10-8-7-9-11-15;1-12(2)15-14(9-7-6-8-10-14)11-18(16,17)13(3,4)5;1-10(2)15-13(14(16)12-8-9-12)11-6-4-3-5-7-11;1-10(2)13(15-11(3)4)14(16)12-8-6-5-7-9-12;1-9(2)14-10(12(3,4)5)11(15)16-13(6,7)8;1-7(2)10(12-8(3)4)11(13)9-5-6-9;1-9(2)11-10(3)7-5-4-6-8-10;1-6(2)10-7(8(11)12)9(3,4)5;1-7(2)10-8(3)9(4,5)6/h13,16H,6-12H2,1-5H3;12,15H,6-11H2,1-5H3;10-13,15H,3-9H2,1-2H3;5-11,13,15H,1-4H3;9-10,14H,1-8H3;7-10,12H,5-6H2,1-4H3;9,11H,4-8H2,1-3H3;6-7,10H,1-5H3,(H,11,12);7-8,10H,1-6H3/t;;2*13-;2*10-;;7-;8-/m..0010.11/s1. The molecular weight excluding hydrogens is 1680 g/mol. The number of aliphatic carboxylic acids is 1. The number of benzene rings is 1. The van der Waals surface area contributed by atoms with Crippen LogP contribution in [0.3, 0.4) is 0 Å². The first-order chi connectivity index (χ1) is 59.6. The minimum absolute atomic E-state index is 0.0764. The minimum atomic E-state index is -3.08. The largest absolute Gasteiger partial charge is 0.480 e. The smallest absolute Gasteiger partial charge is 0.324 e. The van der Waals surface area contributed by atoms with Crippen molar-refractivity contribution >= 4 is 49.0 Å². The molecule has 0 aromatic heterocycles. The van der Waals surface area contributed by atoms with E-state index in [1.54, 1.807) is 20.8 Å². The maximum absolute atomic E-state index is 12.7. The molecule has 0 heterocycles. The second-order valence-corrected chi connectivity index (χ2v) is 54.7. The third-order valence-corrected chi connectivity index (χ3v) is 31.1. The normalized spacial score (nSPS) is 18.9. The Kier molecular flexibility index (Phi) is 59.4. The van der Waals surface area contributed by atoms with Crippen LogP contribution >= 0.6 is 0 Å². The van der Waals surface area contributed by atoms with Crippen molar-refractivity contribution < 1.29 is 50.7 Å². The van der Waals surface area contributed by atoms with Gasteiger partial charge >= 0.3 is 11.9 Å². The van der Waals surface area contributed by atoms with Crippen LogP contribution in [0, 0.1) is 45.8 Å². The van der Waals surface area contributed by atoms with Crippen molar-refractivity contribution in [1.82, 2.24) is 47.9 Å². The molecule has 20 nitrogen and oxygen atoms in total. The molecule has 0 aliphatic heterocycles. The molecule has 131 heavy (non-hydrogen) atoms. The van der Waals surface area contributed by atoms with Gasteiger partial charge in [-0.25, -0.2) is 16.8 Å². The molecule has 7 rings (SSSR count). The SMILES string of the molecule is CC(C)NC1(C)CCCCC1.CC(C)NC1(CS(=O)(=O)C(C)(C)C)CCCCC1.CC(C)N[C@H](C(=O)C1CC1)C(C)C.CC(C)N[C@H](C(=O)C1CC1)C1CCCCC1.CC(C)N[C@H](C(=O)O)C(C)(C)C.CC(C)N[C@H](C(=O)OC(C)(C)C)C(C)(C)C.CC(C)N[C@H](C(=O)c1ccccc1)C(C)C.CC(C)N[C@H](C)C(C)(C)C.CCC(C)(C)S(=O)(=O)CC1(NC(C)C)CCCCC1. The molecule has 6 aliphatic rings. The van der Waals surface area contributed by atoms with Gasteiger partial charge in [-0.3, -0.25) is 24.0 Å². The Bertz CT molecular complexity index is 3510. The number of sulfone groups is 2. The van der Waals surface area contributed by atoms with Crippen molar-refractivity contribution in [3.63, 3.8) is 0 Å². The lowest BCUT2D eigenvalue weighted by Crippen LogP contribution is -2.56. The molecule has 6 aliphatic carbocycles. The van der Waals surface area contributed by atoms with Crippen molar-refractivity contribution in [2.45, 2.75) is 574 Å². The zero-order chi connectivity index (χ0) is 102. The molecule has 0 bridgehead atoms. The van der Waals surface area contributed by atoms with E-state index in [0.29, 0.717) is 113 Å². The summed E-state index contributed by atoms with van der Waals surface area (Å²) in [5.41, 5.74) is 0.406. The van der Waals surface area contributed by atoms with E-state index in [1.807, 2.05) is 141 Å². The van der Waals surface area contributed by atoms with Crippen LogP contribution in [0.1, 0.15) is 462 Å². The highest BCUT2D eigenvalue weighted by Crippen LogP contribution is 2.39. The molecule has 6 atom stereocenters. The Hall–Kier alpha value is -3.29. The number of hydrogen-bond acceptors (Lipinski definition) is 19. The Morgan fingerprint density at radius 2 is 0.740 bits per heavy atom. The summed E-state index contributed by atoms with van der Waals surface area (Å²) >= 11 is 0. The van der Waals surface area contributed by atoms with E-state index < -0.39 is 46.8 Å². The van der Waals surface area contributed by atoms with Gasteiger partial charge in [-0.05, 0) is 187 Å². The Morgan fingerprint density at radius 1 is 0.397 bits per heavy atom. The van der Waals surface area contributed by atoms with Crippen LogP contribution in [0.5, 0.6) is 0 Å². The van der Waals surface area contributed by atoms with E-state index in [4.69, 9.17) is 9.84 Å². The lowest BCUT2D eigenvalue weighted by molar-refractivity contribution is -0.160. The third kappa shape index (κ3) is 55.9. The number of Topliss-reactive ketones (excluding diaryl/α,β-unsaturated/α-hetero) is 3. The zero-order valence-electron chi connectivity index (χ0n) is 92.9. The topological polar surface area (TPSA) is 291 Å². The number of rotatable bonds is 35. The molecular formula is C109H215N9O11S2. The highest BCUT2D eigenvalue weighted by molar-refractivity contribution is 7.93. The number of ether oxygens (including phenoxy) is 1. The van der Waals surface area contributed by atoms with Gasteiger partial charge in [-0.2, -0.15) is 0 Å². The predicted octanol–water partition coefficient (Wildman–Crippen LogP) is 23.3. The van der Waals surface area contributed by atoms with Gasteiger partial charge in [0.25, 0.3) is 0 Å². The summed E-state index contributed by atoms with van der Waals surface area (Å²) in [7, 11) is -6.14. The van der Waals surface area contributed by atoms with E-state index in [1.165, 1.54) is 77.0 Å². The molecule has 1 aromatic carbocycles. The zero-order valence-corrected chi connectivity index (χ0v) is 94.5. The van der Waals surface area contributed by atoms with Crippen LogP contribution in [-0.2, 0) is 43.6 Å². The number of carboxylic acids is 1. The van der Waals surface area contributed by atoms with Crippen molar-refractivity contribution in [3.05, 3.63) is 35.9 Å². The van der Waals surface area contributed by atoms with E-state index in [9.17, 15) is 40.8 Å². The molecule has 22 heteroatoms. The lowest BCUT2D eigenvalue weighted by Gasteiger charge is -2.41. The molecule has 10 N–H and O–H groups in total. The molecule has 0 amide bonds. The van der Waals surface area contributed by atoms with E-state index in [-0.39, 0.29) is 75.7 Å². The second-order valence-electron chi connectivity index (χ2n) is 49.3. The number of esters is 1. The summed E-state index contributed by atoms with van der Waals surface area (Å²) in [5.74, 6) is 2.85. The van der Waals surface area contributed by atoms with Gasteiger partial charge in [0, 0.05) is 94.4 Å². The maximum Gasteiger partial charge on any atom is 0.324 e. The van der Waals surface area contributed by atoms with Crippen molar-refractivity contribution in [3.8, 4) is 0 Å². The first kappa shape index (κ1) is 130. The van der Waals surface area contributed by atoms with Crippen LogP contribution in [0.15, 0.2) is 30.3 Å². The quantitative estimate of drug-likeness (QED) is 0.0223. The summed E-state index contributed by atoms with van der Waals surface area (Å²) in [5, 5.41) is 39.6. The van der Waals surface area contributed by atoms with E-state index in [0.717, 1.165) is 82.6 Å². The minimum Gasteiger partial charge on any atom is -0.480 e. The first-order valence-corrected chi connectivity index (χ1v) is 55.4. The summed E-state index contributed by atoms with van der Waals surface area (Å²) in [6.45, 7) is 86.1. The van der Waals surface area contributed by atoms with Gasteiger partial charge in [0.1, 0.15) is 17.7 Å². The van der Waals surface area contributed by atoms with Gasteiger partial charge in [-0.1, -0.05) is 329 Å². The van der Waals surface area contributed by atoms with Crippen LogP contribution in [0.2, 0.25) is 0 Å². The fourth-order valence-corrected chi connectivity index (χ4v) is 20.7. The number of nitrogens with one attached hydrogen (secondary N) is 9. The van der Waals surface area contributed by atoms with Gasteiger partial charge in [0.2, 0.25) is 0 Å². The van der Waals surface area contributed by atoms with Crippen LogP contribution in [-0.4, -0.2) is 185 Å². The molecule has 6 saturated carbocycles. The third-order valence-electron chi connectivity index (χ3n) is 25.4. The van der Waals surface area contributed by atoms with Gasteiger partial charge in [-0.15, -0.1) is 0 Å². The number of carboxylic acid groups (broad SMARTS) is 1. The fraction of sp³-hybridized carbons (Fsp3) is 0.899. The van der Waals surface area contributed by atoms with Crippen molar-refractivity contribution in [2.24, 2.45) is 45.8 Å². The number of hydrogen-bond donors (Lipinski definition) is 10. The summed E-state index contributed by atoms with van der Waals surface area (Å²) < 4.78 is 54.5. The lowest BCUT2D eigenvalue weighted by atomic mass is 9.81. The maximum atomic E-state index is 12.7. The molecule has 1 aromatic rings. The molecule has 6 fully saturated rings. The predicted molar refractivity (Wildman–Crippen MR) is 562 cm³/mol.